The molecule has 0 radical (unpaired) electrons. The first-order valence-corrected chi connectivity index (χ1v) is 4.34. The molecule has 0 aliphatic carbocycles. The largest absolute Gasteiger partial charge is 0.251 e. The summed E-state index contributed by atoms with van der Waals surface area (Å²) >= 11 is 0. The molecule has 1 aromatic carbocycles. The lowest BCUT2D eigenvalue weighted by molar-refractivity contribution is 0.315. The van der Waals surface area contributed by atoms with E-state index in [1.165, 1.54) is 0 Å². The van der Waals surface area contributed by atoms with Gasteiger partial charge in [0.05, 0.1) is 11.2 Å². The molecule has 0 amide bonds. The van der Waals surface area contributed by atoms with E-state index in [9.17, 15) is 0 Å². The highest BCUT2D eigenvalue weighted by atomic mass is 16.6. The maximum absolute atomic E-state index is 4.71. The van der Waals surface area contributed by atoms with Crippen molar-refractivity contribution in [1.82, 2.24) is 15.3 Å². The van der Waals surface area contributed by atoms with Crippen molar-refractivity contribution in [2.45, 2.75) is 6.92 Å². The normalized spacial score (nSPS) is 11.2. The Morgan fingerprint density at radius 2 is 1.86 bits per heavy atom. The number of nitrogens with zero attached hydrogens (tertiary/aromatic N) is 3. The number of aryl methyl sites for hydroxylation is 1. The molecular formula is C10H7N3O. The maximum Gasteiger partial charge on any atom is 0.157 e. The molecule has 0 aliphatic rings. The summed E-state index contributed by atoms with van der Waals surface area (Å²) in [5, 5.41) is 8.68. The highest BCUT2D eigenvalue weighted by molar-refractivity contribution is 6.02. The van der Waals surface area contributed by atoms with E-state index in [1.54, 1.807) is 0 Å². The van der Waals surface area contributed by atoms with Gasteiger partial charge in [-0.25, -0.2) is 4.63 Å². The van der Waals surface area contributed by atoms with Crippen LogP contribution in [0.25, 0.3) is 21.9 Å². The average molecular weight is 185 g/mol. The molecule has 4 nitrogen and oxygen atoms in total. The first-order valence-electron chi connectivity index (χ1n) is 4.34. The van der Waals surface area contributed by atoms with Gasteiger partial charge < -0.3 is 0 Å². The summed E-state index contributed by atoms with van der Waals surface area (Å²) < 4.78 is 4.71. The molecule has 2 heterocycles. The van der Waals surface area contributed by atoms with Gasteiger partial charge in [0.2, 0.25) is 0 Å². The molecule has 0 aliphatic heterocycles. The number of pyridine rings is 1. The van der Waals surface area contributed by atoms with Gasteiger partial charge >= 0.3 is 0 Å². The second-order valence-corrected chi connectivity index (χ2v) is 3.18. The van der Waals surface area contributed by atoms with Crippen LogP contribution in [0.4, 0.5) is 0 Å². The topological polar surface area (TPSA) is 51.8 Å². The average Bonchev–Trinajstić information content (AvgIpc) is 2.67. The van der Waals surface area contributed by atoms with Crippen molar-refractivity contribution in [3.05, 3.63) is 30.0 Å². The van der Waals surface area contributed by atoms with Crippen molar-refractivity contribution in [2.75, 3.05) is 0 Å². The first-order chi connectivity index (χ1) is 6.86. The van der Waals surface area contributed by atoms with Crippen molar-refractivity contribution >= 4 is 21.9 Å². The summed E-state index contributed by atoms with van der Waals surface area (Å²) in [4.78, 5) is 4.41. The third-order valence-electron chi connectivity index (χ3n) is 2.28. The van der Waals surface area contributed by atoms with Crippen LogP contribution in [-0.2, 0) is 0 Å². The minimum absolute atomic E-state index is 0.740. The fourth-order valence-electron chi connectivity index (χ4n) is 1.61. The van der Waals surface area contributed by atoms with Gasteiger partial charge in [-0.2, -0.15) is 0 Å². The zero-order chi connectivity index (χ0) is 9.54. The van der Waals surface area contributed by atoms with Crippen LogP contribution in [0.1, 0.15) is 5.69 Å². The molecule has 0 N–H and O–H groups in total. The molecule has 0 bridgehead atoms. The molecule has 2 aromatic heterocycles. The summed E-state index contributed by atoms with van der Waals surface area (Å²) in [6.45, 7) is 1.90. The Bertz CT molecular complexity index is 615. The summed E-state index contributed by atoms with van der Waals surface area (Å²) in [6.07, 6.45) is 0. The molecule has 3 aromatic rings. The quantitative estimate of drug-likeness (QED) is 0.538. The SMILES string of the molecule is Cc1nc2ccccc2c2nonc12. The van der Waals surface area contributed by atoms with Crippen molar-refractivity contribution < 1.29 is 4.63 Å². The Morgan fingerprint density at radius 3 is 2.79 bits per heavy atom. The second kappa shape index (κ2) is 2.51. The van der Waals surface area contributed by atoms with Crippen LogP contribution < -0.4 is 0 Å². The van der Waals surface area contributed by atoms with Crippen LogP contribution in [0.3, 0.4) is 0 Å². The molecule has 4 heteroatoms. The Hall–Kier alpha value is -1.97. The lowest BCUT2D eigenvalue weighted by Crippen LogP contribution is -1.86. The van der Waals surface area contributed by atoms with E-state index in [2.05, 4.69) is 15.3 Å². The zero-order valence-corrected chi connectivity index (χ0v) is 7.56. The highest BCUT2D eigenvalue weighted by Gasteiger charge is 2.09. The minimum atomic E-state index is 0.740. The molecule has 0 fully saturated rings. The Balaban J connectivity index is 2.66. The molecule has 3 rings (SSSR count). The van der Waals surface area contributed by atoms with E-state index in [1.807, 2.05) is 31.2 Å². The van der Waals surface area contributed by atoms with Crippen LogP contribution in [0.5, 0.6) is 0 Å². The number of aromatic nitrogens is 3. The number of para-hydroxylation sites is 1. The smallest absolute Gasteiger partial charge is 0.157 e. The third kappa shape index (κ3) is 0.849. The Kier molecular flexibility index (Phi) is 1.33. The third-order valence-corrected chi connectivity index (χ3v) is 2.28. The number of rotatable bonds is 0. The molecule has 0 saturated carbocycles. The lowest BCUT2D eigenvalue weighted by atomic mass is 10.1. The zero-order valence-electron chi connectivity index (χ0n) is 7.56. The number of fused-ring (bicyclic) bond motifs is 3. The molecule has 14 heavy (non-hydrogen) atoms. The van der Waals surface area contributed by atoms with Crippen LogP contribution in [0.2, 0.25) is 0 Å². The Labute approximate surface area is 79.5 Å². The minimum Gasteiger partial charge on any atom is -0.251 e. The van der Waals surface area contributed by atoms with E-state index in [-0.39, 0.29) is 0 Å². The van der Waals surface area contributed by atoms with Gasteiger partial charge in [-0.05, 0) is 23.3 Å². The molecule has 0 spiro atoms. The highest BCUT2D eigenvalue weighted by Crippen LogP contribution is 2.22. The maximum atomic E-state index is 4.71. The van der Waals surface area contributed by atoms with Crippen LogP contribution in [-0.4, -0.2) is 15.3 Å². The lowest BCUT2D eigenvalue weighted by Gasteiger charge is -1.97. The van der Waals surface area contributed by atoms with Gasteiger partial charge in [0.15, 0.2) is 5.52 Å². The summed E-state index contributed by atoms with van der Waals surface area (Å²) in [5.41, 5.74) is 3.30. The second-order valence-electron chi connectivity index (χ2n) is 3.18. The number of benzene rings is 1. The van der Waals surface area contributed by atoms with Crippen molar-refractivity contribution in [2.24, 2.45) is 0 Å². The summed E-state index contributed by atoms with van der Waals surface area (Å²) in [7, 11) is 0. The molecule has 0 atom stereocenters. The van der Waals surface area contributed by atoms with Gasteiger partial charge in [-0.15, -0.1) is 0 Å². The van der Waals surface area contributed by atoms with E-state index in [0.717, 1.165) is 27.6 Å². The van der Waals surface area contributed by atoms with Crippen LogP contribution >= 0.6 is 0 Å². The predicted molar refractivity (Wildman–Crippen MR) is 51.8 cm³/mol. The first kappa shape index (κ1) is 7.44. The van der Waals surface area contributed by atoms with Gasteiger partial charge in [0.1, 0.15) is 5.52 Å². The fraction of sp³-hybridized carbons (Fsp3) is 0.100. The van der Waals surface area contributed by atoms with Crippen molar-refractivity contribution in [3.8, 4) is 0 Å². The summed E-state index contributed by atoms with van der Waals surface area (Å²) in [5.74, 6) is 0. The van der Waals surface area contributed by atoms with Crippen molar-refractivity contribution in [3.63, 3.8) is 0 Å². The molecule has 0 saturated heterocycles. The monoisotopic (exact) mass is 185 g/mol. The fourth-order valence-corrected chi connectivity index (χ4v) is 1.61. The molecular weight excluding hydrogens is 178 g/mol. The van der Waals surface area contributed by atoms with Gasteiger partial charge in [-0.3, -0.25) is 4.98 Å². The van der Waals surface area contributed by atoms with Crippen LogP contribution in [0, 0.1) is 6.92 Å². The van der Waals surface area contributed by atoms with E-state index >= 15 is 0 Å². The Morgan fingerprint density at radius 1 is 1.07 bits per heavy atom. The van der Waals surface area contributed by atoms with Gasteiger partial charge in [0.25, 0.3) is 0 Å². The standard InChI is InChI=1S/C10H7N3O/c1-6-9-10(13-14-12-9)7-4-2-3-5-8(7)11-6/h2-5H,1H3. The van der Waals surface area contributed by atoms with Crippen molar-refractivity contribution in [1.29, 1.82) is 0 Å². The van der Waals surface area contributed by atoms with E-state index < -0.39 is 0 Å². The molecule has 0 unspecified atom stereocenters. The molecule has 68 valence electrons. The van der Waals surface area contributed by atoms with E-state index in [0.29, 0.717) is 0 Å². The summed E-state index contributed by atoms with van der Waals surface area (Å²) in [6, 6.07) is 7.83. The van der Waals surface area contributed by atoms with E-state index in [4.69, 9.17) is 4.63 Å². The number of hydrogen-bond acceptors (Lipinski definition) is 4. The van der Waals surface area contributed by atoms with Gasteiger partial charge in [0, 0.05) is 5.39 Å². The van der Waals surface area contributed by atoms with Crippen LogP contribution in [0.15, 0.2) is 28.9 Å². The predicted octanol–water partition coefficient (Wildman–Crippen LogP) is 2.08. The number of hydrogen-bond donors (Lipinski definition) is 0. The van der Waals surface area contributed by atoms with Gasteiger partial charge in [-0.1, -0.05) is 18.2 Å².